The number of fused-ring (bicyclic) bond motifs is 1. The lowest BCUT2D eigenvalue weighted by Crippen LogP contribution is -2.21. The third kappa shape index (κ3) is 3.15. The summed E-state index contributed by atoms with van der Waals surface area (Å²) < 4.78 is 15.0. The van der Waals surface area contributed by atoms with Crippen LogP contribution in [-0.4, -0.2) is 23.2 Å². The maximum atomic E-state index is 11.8. The number of hydrogen-bond donors (Lipinski definition) is 1. The van der Waals surface area contributed by atoms with Gasteiger partial charge in [0.1, 0.15) is 5.69 Å². The maximum Gasteiger partial charge on any atom is 0.357 e. The van der Waals surface area contributed by atoms with Crippen molar-refractivity contribution in [1.82, 2.24) is 4.98 Å². The molecule has 1 N–H and O–H groups in total. The molecule has 19 heavy (non-hydrogen) atoms. The SMILES string of the molecule is CCCC(=O)OC(C)OC(=O)c1cc2occc2[nH]1. The average Bonchev–Trinajstić information content (AvgIpc) is 2.88. The number of aromatic amines is 1. The van der Waals surface area contributed by atoms with E-state index in [1.807, 2.05) is 6.92 Å². The van der Waals surface area contributed by atoms with Gasteiger partial charge in [0.2, 0.25) is 6.29 Å². The van der Waals surface area contributed by atoms with E-state index in [-0.39, 0.29) is 11.7 Å². The number of esters is 2. The minimum Gasteiger partial charge on any atom is -0.463 e. The molecule has 6 heteroatoms. The van der Waals surface area contributed by atoms with Crippen molar-refractivity contribution in [2.75, 3.05) is 0 Å². The normalized spacial score (nSPS) is 12.3. The Balaban J connectivity index is 1.93. The average molecular weight is 265 g/mol. The van der Waals surface area contributed by atoms with Crippen LogP contribution in [-0.2, 0) is 14.3 Å². The van der Waals surface area contributed by atoms with Gasteiger partial charge in [-0.25, -0.2) is 4.79 Å². The fourth-order valence-electron chi connectivity index (χ4n) is 1.64. The van der Waals surface area contributed by atoms with Crippen molar-refractivity contribution in [3.05, 3.63) is 24.1 Å². The standard InChI is InChI=1S/C13H15NO5/c1-3-4-12(15)18-8(2)19-13(16)10-7-11-9(14-10)5-6-17-11/h5-8,14H,3-4H2,1-2H3. The Morgan fingerprint density at radius 3 is 2.89 bits per heavy atom. The van der Waals surface area contributed by atoms with E-state index in [1.165, 1.54) is 19.3 Å². The molecule has 1 unspecified atom stereocenters. The third-order valence-corrected chi connectivity index (χ3v) is 2.48. The molecule has 2 aromatic rings. The number of ether oxygens (including phenoxy) is 2. The van der Waals surface area contributed by atoms with Crippen molar-refractivity contribution in [2.45, 2.75) is 33.0 Å². The first-order valence-corrected chi connectivity index (χ1v) is 6.07. The zero-order valence-electron chi connectivity index (χ0n) is 10.8. The molecule has 0 aliphatic heterocycles. The molecule has 0 amide bonds. The molecule has 102 valence electrons. The molecule has 0 aliphatic rings. The van der Waals surface area contributed by atoms with Crippen molar-refractivity contribution < 1.29 is 23.5 Å². The van der Waals surface area contributed by atoms with Gasteiger partial charge in [0, 0.05) is 25.5 Å². The predicted molar refractivity (Wildman–Crippen MR) is 66.4 cm³/mol. The summed E-state index contributed by atoms with van der Waals surface area (Å²) in [5.74, 6) is -0.980. The second kappa shape index (κ2) is 5.60. The van der Waals surface area contributed by atoms with Gasteiger partial charge in [-0.3, -0.25) is 4.79 Å². The first-order valence-electron chi connectivity index (χ1n) is 6.07. The Labute approximate surface area is 109 Å². The summed E-state index contributed by atoms with van der Waals surface area (Å²) in [7, 11) is 0. The van der Waals surface area contributed by atoms with Gasteiger partial charge in [-0.2, -0.15) is 0 Å². The van der Waals surface area contributed by atoms with Gasteiger partial charge in [-0.15, -0.1) is 0 Å². The summed E-state index contributed by atoms with van der Waals surface area (Å²) in [6.07, 6.45) is 1.59. The van der Waals surface area contributed by atoms with Gasteiger partial charge in [0.15, 0.2) is 5.58 Å². The van der Waals surface area contributed by atoms with Crippen molar-refractivity contribution in [2.24, 2.45) is 0 Å². The molecule has 0 bridgehead atoms. The summed E-state index contributed by atoms with van der Waals surface area (Å²) in [6.45, 7) is 3.37. The topological polar surface area (TPSA) is 81.5 Å². The van der Waals surface area contributed by atoms with Gasteiger partial charge >= 0.3 is 11.9 Å². The van der Waals surface area contributed by atoms with E-state index >= 15 is 0 Å². The summed E-state index contributed by atoms with van der Waals surface area (Å²) in [5.41, 5.74) is 1.54. The highest BCUT2D eigenvalue weighted by molar-refractivity contribution is 5.93. The van der Waals surface area contributed by atoms with Gasteiger partial charge in [-0.1, -0.05) is 6.92 Å². The van der Waals surface area contributed by atoms with Crippen molar-refractivity contribution >= 4 is 23.0 Å². The number of nitrogens with one attached hydrogen (secondary N) is 1. The Morgan fingerprint density at radius 2 is 2.21 bits per heavy atom. The van der Waals surface area contributed by atoms with E-state index in [9.17, 15) is 9.59 Å². The number of carbonyl (C=O) groups excluding carboxylic acids is 2. The molecular weight excluding hydrogens is 250 g/mol. The monoisotopic (exact) mass is 265 g/mol. The van der Waals surface area contributed by atoms with Crippen LogP contribution in [0.25, 0.3) is 11.1 Å². The largest absolute Gasteiger partial charge is 0.463 e. The fourth-order valence-corrected chi connectivity index (χ4v) is 1.64. The third-order valence-electron chi connectivity index (χ3n) is 2.48. The van der Waals surface area contributed by atoms with E-state index in [1.54, 1.807) is 6.07 Å². The molecule has 0 saturated heterocycles. The first kappa shape index (κ1) is 13.2. The van der Waals surface area contributed by atoms with Crippen LogP contribution in [0.1, 0.15) is 37.2 Å². The molecule has 0 fully saturated rings. The van der Waals surface area contributed by atoms with Gasteiger partial charge in [0.25, 0.3) is 0 Å². The Hall–Kier alpha value is -2.24. The number of aromatic nitrogens is 1. The van der Waals surface area contributed by atoms with Crippen LogP contribution in [0.4, 0.5) is 0 Å². The second-order valence-corrected chi connectivity index (χ2v) is 4.09. The number of H-pyrrole nitrogens is 1. The molecule has 0 aromatic carbocycles. The molecule has 0 aliphatic carbocycles. The summed E-state index contributed by atoms with van der Waals surface area (Å²) >= 11 is 0. The zero-order valence-corrected chi connectivity index (χ0v) is 10.8. The highest BCUT2D eigenvalue weighted by Gasteiger charge is 2.17. The molecule has 2 aromatic heterocycles. The molecule has 6 nitrogen and oxygen atoms in total. The van der Waals surface area contributed by atoms with Crippen LogP contribution < -0.4 is 0 Å². The lowest BCUT2D eigenvalue weighted by molar-refractivity contribution is -0.165. The Kier molecular flexibility index (Phi) is 3.89. The molecule has 2 heterocycles. The van der Waals surface area contributed by atoms with Gasteiger partial charge < -0.3 is 18.9 Å². The van der Waals surface area contributed by atoms with Crippen molar-refractivity contribution in [3.8, 4) is 0 Å². The lowest BCUT2D eigenvalue weighted by Gasteiger charge is -2.13. The van der Waals surface area contributed by atoms with Gasteiger partial charge in [0.05, 0.1) is 11.8 Å². The van der Waals surface area contributed by atoms with Crippen LogP contribution in [0.5, 0.6) is 0 Å². The smallest absolute Gasteiger partial charge is 0.357 e. The van der Waals surface area contributed by atoms with E-state index in [2.05, 4.69) is 4.98 Å². The van der Waals surface area contributed by atoms with E-state index < -0.39 is 12.3 Å². The Morgan fingerprint density at radius 1 is 1.42 bits per heavy atom. The summed E-state index contributed by atoms with van der Waals surface area (Å²) in [6, 6.07) is 3.25. The Bertz CT molecular complexity index is 554. The molecule has 2 rings (SSSR count). The predicted octanol–water partition coefficient (Wildman–Crippen LogP) is 2.61. The molecule has 1 atom stereocenters. The second-order valence-electron chi connectivity index (χ2n) is 4.09. The fraction of sp³-hybridized carbons (Fsp3) is 0.385. The highest BCUT2D eigenvalue weighted by atomic mass is 16.7. The molecule has 0 radical (unpaired) electrons. The molecule has 0 saturated carbocycles. The van der Waals surface area contributed by atoms with E-state index in [0.29, 0.717) is 23.9 Å². The summed E-state index contributed by atoms with van der Waals surface area (Å²) in [4.78, 5) is 25.9. The van der Waals surface area contributed by atoms with E-state index in [0.717, 1.165) is 0 Å². The minimum absolute atomic E-state index is 0.257. The van der Waals surface area contributed by atoms with Crippen molar-refractivity contribution in [3.63, 3.8) is 0 Å². The molecule has 0 spiro atoms. The maximum absolute atomic E-state index is 11.8. The minimum atomic E-state index is -0.916. The van der Waals surface area contributed by atoms with E-state index in [4.69, 9.17) is 13.9 Å². The molecular formula is C13H15NO5. The van der Waals surface area contributed by atoms with Gasteiger partial charge in [-0.05, 0) is 6.42 Å². The quantitative estimate of drug-likeness (QED) is 0.663. The number of hydrogen-bond acceptors (Lipinski definition) is 5. The number of rotatable bonds is 5. The van der Waals surface area contributed by atoms with Crippen LogP contribution in [0.15, 0.2) is 22.8 Å². The zero-order chi connectivity index (χ0) is 13.8. The van der Waals surface area contributed by atoms with Crippen LogP contribution >= 0.6 is 0 Å². The first-order chi connectivity index (χ1) is 9.10. The van der Waals surface area contributed by atoms with Crippen LogP contribution in [0.3, 0.4) is 0 Å². The van der Waals surface area contributed by atoms with Crippen LogP contribution in [0.2, 0.25) is 0 Å². The lowest BCUT2D eigenvalue weighted by atomic mass is 10.3. The van der Waals surface area contributed by atoms with Crippen LogP contribution in [0, 0.1) is 0 Å². The summed E-state index contributed by atoms with van der Waals surface area (Å²) in [5, 5.41) is 0. The number of carbonyl (C=O) groups is 2. The van der Waals surface area contributed by atoms with Crippen molar-refractivity contribution in [1.29, 1.82) is 0 Å². The highest BCUT2D eigenvalue weighted by Crippen LogP contribution is 2.17. The number of furan rings is 1.